The van der Waals surface area contributed by atoms with Crippen LogP contribution in [0.5, 0.6) is 0 Å². The molecule has 5 rings (SSSR count). The summed E-state index contributed by atoms with van der Waals surface area (Å²) in [6.45, 7) is 1.99. The highest BCUT2D eigenvalue weighted by Gasteiger charge is 2.38. The third-order valence-corrected chi connectivity index (χ3v) is 7.68. The lowest BCUT2D eigenvalue weighted by molar-refractivity contribution is 0.0958. The van der Waals surface area contributed by atoms with E-state index in [0.29, 0.717) is 11.3 Å². The maximum absolute atomic E-state index is 13.6. The van der Waals surface area contributed by atoms with Gasteiger partial charge in [0.1, 0.15) is 0 Å². The predicted molar refractivity (Wildman–Crippen MR) is 123 cm³/mol. The molecule has 0 fully saturated rings. The van der Waals surface area contributed by atoms with Crippen molar-refractivity contribution in [3.8, 4) is 0 Å². The number of ketones is 1. The minimum absolute atomic E-state index is 0.0544. The highest BCUT2D eigenvalue weighted by atomic mass is 32.2. The lowest BCUT2D eigenvalue weighted by Crippen LogP contribution is -2.41. The van der Waals surface area contributed by atoms with Gasteiger partial charge in [-0.1, -0.05) is 72.3 Å². The largest absolute Gasteiger partial charge is 0.293 e. The van der Waals surface area contributed by atoms with E-state index < -0.39 is 15.9 Å². The quantitative estimate of drug-likeness (QED) is 0.444. The number of benzene rings is 4. The van der Waals surface area contributed by atoms with E-state index in [-0.39, 0.29) is 17.2 Å². The van der Waals surface area contributed by atoms with Gasteiger partial charge in [0.25, 0.3) is 10.0 Å². The number of rotatable bonds is 3. The molecule has 0 N–H and O–H groups in total. The predicted octanol–water partition coefficient (Wildman–Crippen LogP) is 5.32. The zero-order valence-corrected chi connectivity index (χ0v) is 17.8. The molecule has 0 saturated carbocycles. The number of fused-ring (bicyclic) bond motifs is 2. The van der Waals surface area contributed by atoms with Gasteiger partial charge in [-0.3, -0.25) is 9.10 Å². The maximum Gasteiger partial charge on any atom is 0.264 e. The second kappa shape index (κ2) is 7.36. The summed E-state index contributed by atoms with van der Waals surface area (Å²) in [5.41, 5.74) is 2.68. The number of aryl methyl sites for hydroxylation is 1. The fourth-order valence-electron chi connectivity index (χ4n) is 4.18. The van der Waals surface area contributed by atoms with E-state index in [1.54, 1.807) is 48.5 Å². The van der Waals surface area contributed by atoms with Crippen molar-refractivity contribution in [1.29, 1.82) is 0 Å². The first-order chi connectivity index (χ1) is 14.9. The molecule has 1 unspecified atom stereocenters. The Morgan fingerprint density at radius 1 is 0.806 bits per heavy atom. The van der Waals surface area contributed by atoms with Crippen molar-refractivity contribution in [2.24, 2.45) is 0 Å². The van der Waals surface area contributed by atoms with Crippen molar-refractivity contribution in [2.45, 2.75) is 17.7 Å². The third kappa shape index (κ3) is 3.31. The second-order valence-corrected chi connectivity index (χ2v) is 9.75. The summed E-state index contributed by atoms with van der Waals surface area (Å²) in [7, 11) is -3.82. The standard InChI is InChI=1S/C26H21NO3S/c1-18-10-14-22(15-11-18)31(29,30)27-17-24(26(28)23-8-4-5-9-25(23)27)21-13-12-19-6-2-3-7-20(19)16-21/h2-16,24H,17H2,1H3. The van der Waals surface area contributed by atoms with Crippen LogP contribution in [0.1, 0.15) is 27.4 Å². The monoisotopic (exact) mass is 427 g/mol. The van der Waals surface area contributed by atoms with Gasteiger partial charge < -0.3 is 0 Å². The smallest absolute Gasteiger partial charge is 0.264 e. The summed E-state index contributed by atoms with van der Waals surface area (Å²) in [6, 6.07) is 27.6. The molecule has 0 aromatic heterocycles. The van der Waals surface area contributed by atoms with E-state index in [4.69, 9.17) is 0 Å². The number of nitrogens with zero attached hydrogens (tertiary/aromatic N) is 1. The molecule has 1 aliphatic heterocycles. The summed E-state index contributed by atoms with van der Waals surface area (Å²) < 4.78 is 28.5. The van der Waals surface area contributed by atoms with E-state index in [0.717, 1.165) is 21.9 Å². The molecule has 0 saturated heterocycles. The first-order valence-electron chi connectivity index (χ1n) is 10.2. The lowest BCUT2D eigenvalue weighted by Gasteiger charge is -2.34. The van der Waals surface area contributed by atoms with Crippen molar-refractivity contribution in [2.75, 3.05) is 10.8 Å². The Hall–Kier alpha value is -3.44. The van der Waals surface area contributed by atoms with Gasteiger partial charge >= 0.3 is 0 Å². The highest BCUT2D eigenvalue weighted by molar-refractivity contribution is 7.92. The van der Waals surface area contributed by atoms with Crippen LogP contribution in [0.15, 0.2) is 95.9 Å². The van der Waals surface area contributed by atoms with Gasteiger partial charge in [0.05, 0.1) is 16.5 Å². The van der Waals surface area contributed by atoms with Crippen LogP contribution in [0.4, 0.5) is 5.69 Å². The molecule has 4 nitrogen and oxygen atoms in total. The lowest BCUT2D eigenvalue weighted by atomic mass is 9.86. The van der Waals surface area contributed by atoms with E-state index in [1.807, 2.05) is 49.4 Å². The number of anilines is 1. The number of sulfonamides is 1. The van der Waals surface area contributed by atoms with Gasteiger partial charge in [-0.25, -0.2) is 8.42 Å². The van der Waals surface area contributed by atoms with Crippen molar-refractivity contribution in [3.63, 3.8) is 0 Å². The molecular formula is C26H21NO3S. The number of hydrogen-bond acceptors (Lipinski definition) is 3. The van der Waals surface area contributed by atoms with Crippen molar-refractivity contribution >= 4 is 32.3 Å². The number of hydrogen-bond donors (Lipinski definition) is 0. The molecule has 0 bridgehead atoms. The minimum atomic E-state index is -3.82. The number of Topliss-reactive ketones (excluding diaryl/α,β-unsaturated/α-hetero) is 1. The first-order valence-corrected chi connectivity index (χ1v) is 11.6. The van der Waals surface area contributed by atoms with Crippen LogP contribution in [-0.2, 0) is 10.0 Å². The van der Waals surface area contributed by atoms with E-state index in [9.17, 15) is 13.2 Å². The number of carbonyl (C=O) groups is 1. The molecule has 31 heavy (non-hydrogen) atoms. The second-order valence-electron chi connectivity index (χ2n) is 7.89. The van der Waals surface area contributed by atoms with Gasteiger partial charge in [0.2, 0.25) is 0 Å². The minimum Gasteiger partial charge on any atom is -0.293 e. The number of carbonyl (C=O) groups excluding carboxylic acids is 1. The van der Waals surface area contributed by atoms with Crippen LogP contribution in [-0.4, -0.2) is 20.7 Å². The molecule has 0 aliphatic carbocycles. The van der Waals surface area contributed by atoms with Crippen molar-refractivity contribution < 1.29 is 13.2 Å². The third-order valence-electron chi connectivity index (χ3n) is 5.89. The fraction of sp³-hybridized carbons (Fsp3) is 0.115. The van der Waals surface area contributed by atoms with Crippen LogP contribution < -0.4 is 4.31 Å². The molecule has 1 aliphatic rings. The van der Waals surface area contributed by atoms with E-state index in [1.165, 1.54) is 4.31 Å². The average Bonchev–Trinajstić information content (AvgIpc) is 2.79. The van der Waals surface area contributed by atoms with Gasteiger partial charge in [0.15, 0.2) is 5.78 Å². The molecule has 4 aromatic carbocycles. The molecule has 0 radical (unpaired) electrons. The van der Waals surface area contributed by atoms with Crippen LogP contribution in [0.3, 0.4) is 0 Å². The average molecular weight is 428 g/mol. The SMILES string of the molecule is Cc1ccc(S(=O)(=O)N2CC(c3ccc4ccccc4c3)C(=O)c3ccccc32)cc1. The van der Waals surface area contributed by atoms with Gasteiger partial charge in [-0.05, 0) is 47.5 Å². The van der Waals surface area contributed by atoms with Crippen molar-refractivity contribution in [3.05, 3.63) is 108 Å². The van der Waals surface area contributed by atoms with Gasteiger partial charge in [-0.2, -0.15) is 0 Å². The topological polar surface area (TPSA) is 54.5 Å². The summed E-state index contributed by atoms with van der Waals surface area (Å²) in [6.07, 6.45) is 0. The Balaban J connectivity index is 1.64. The number of para-hydroxylation sites is 1. The molecule has 154 valence electrons. The molecular weight excluding hydrogens is 406 g/mol. The van der Waals surface area contributed by atoms with Gasteiger partial charge in [-0.15, -0.1) is 0 Å². The van der Waals surface area contributed by atoms with E-state index in [2.05, 4.69) is 0 Å². The molecule has 5 heteroatoms. The Bertz CT molecular complexity index is 1410. The first kappa shape index (κ1) is 19.5. The van der Waals surface area contributed by atoms with Crippen LogP contribution in [0.25, 0.3) is 10.8 Å². The Kier molecular flexibility index (Phi) is 4.63. The Labute approximate surface area is 181 Å². The summed E-state index contributed by atoms with van der Waals surface area (Å²) in [5.74, 6) is -0.624. The Morgan fingerprint density at radius 3 is 2.26 bits per heavy atom. The summed E-state index contributed by atoms with van der Waals surface area (Å²) in [5, 5.41) is 2.11. The summed E-state index contributed by atoms with van der Waals surface area (Å²) >= 11 is 0. The van der Waals surface area contributed by atoms with Crippen LogP contribution >= 0.6 is 0 Å². The Morgan fingerprint density at radius 2 is 1.48 bits per heavy atom. The van der Waals surface area contributed by atoms with Crippen LogP contribution in [0.2, 0.25) is 0 Å². The summed E-state index contributed by atoms with van der Waals surface area (Å²) in [4.78, 5) is 13.6. The van der Waals surface area contributed by atoms with E-state index >= 15 is 0 Å². The molecule has 1 atom stereocenters. The molecule has 1 heterocycles. The van der Waals surface area contributed by atoms with Crippen LogP contribution in [0, 0.1) is 6.92 Å². The molecule has 0 spiro atoms. The van der Waals surface area contributed by atoms with Crippen molar-refractivity contribution in [1.82, 2.24) is 0 Å². The molecule has 4 aromatic rings. The maximum atomic E-state index is 13.6. The fourth-order valence-corrected chi connectivity index (χ4v) is 5.68. The normalized spacial score (nSPS) is 16.4. The van der Waals surface area contributed by atoms with Gasteiger partial charge in [0, 0.05) is 12.1 Å². The zero-order chi connectivity index (χ0) is 21.6. The molecule has 0 amide bonds. The highest BCUT2D eigenvalue weighted by Crippen LogP contribution is 2.38. The zero-order valence-electron chi connectivity index (χ0n) is 17.0.